The van der Waals surface area contributed by atoms with Gasteiger partial charge in [-0.2, -0.15) is 5.26 Å². The number of piperidine rings is 1. The van der Waals surface area contributed by atoms with Crippen LogP contribution >= 0.6 is 11.6 Å². The summed E-state index contributed by atoms with van der Waals surface area (Å²) in [5.41, 5.74) is 1.45. The highest BCUT2D eigenvalue weighted by Crippen LogP contribution is 2.34. The topological polar surface area (TPSA) is 129 Å². The molecule has 1 heterocycles. The Morgan fingerprint density at radius 1 is 1.27 bits per heavy atom. The van der Waals surface area contributed by atoms with Crippen LogP contribution in [0.1, 0.15) is 57.2 Å². The van der Waals surface area contributed by atoms with Crippen molar-refractivity contribution in [2.24, 2.45) is 0 Å². The van der Waals surface area contributed by atoms with Crippen LogP contribution in [0.2, 0.25) is 5.02 Å². The van der Waals surface area contributed by atoms with Gasteiger partial charge in [0.1, 0.15) is 17.5 Å². The summed E-state index contributed by atoms with van der Waals surface area (Å²) in [7, 11) is -3.61. The Hall–Kier alpha value is -3.26. The number of hydrogen-bond donors (Lipinski definition) is 2. The molecule has 1 amide bonds. The molecule has 0 saturated carbocycles. The van der Waals surface area contributed by atoms with Gasteiger partial charge < -0.3 is 19.5 Å². The number of anilines is 1. The number of amides is 1. The summed E-state index contributed by atoms with van der Waals surface area (Å²) in [5.74, 6) is 0.237. The number of nitriles is 1. The minimum Gasteiger partial charge on any atom is -0.489 e. The second-order valence-electron chi connectivity index (χ2n) is 10.6. The number of nitrogens with one attached hydrogen (secondary N) is 1. The fraction of sp³-hybridized carbons (Fsp3) is 0.448. The van der Waals surface area contributed by atoms with Crippen LogP contribution < -0.4 is 9.46 Å². The first-order valence-electron chi connectivity index (χ1n) is 13.1. The van der Waals surface area contributed by atoms with E-state index in [1.54, 1.807) is 41.3 Å². The van der Waals surface area contributed by atoms with E-state index in [1.165, 1.54) is 13.0 Å². The van der Waals surface area contributed by atoms with Crippen LogP contribution in [0.15, 0.2) is 42.5 Å². The standard InChI is InChI=1S/C29H36ClN3O6S/c1-5-40(36,37)32-26-18-25(30)27(38-24-11-13-33(14-12-24)28(35)39-29(2,3)4)17-22(26)16-23(34)10-9-20-7-6-8-21(15-20)19-31/h6-10,15,17-18,23-24,32,34H,5,11-14,16H2,1-4H3/b10-9+. The number of ether oxygens (including phenoxy) is 2. The molecule has 2 aromatic rings. The average Bonchev–Trinajstić information content (AvgIpc) is 2.89. The van der Waals surface area contributed by atoms with Crippen molar-refractivity contribution < 1.29 is 27.8 Å². The third kappa shape index (κ3) is 9.44. The number of carbonyl (C=O) groups is 1. The highest BCUT2D eigenvalue weighted by Gasteiger charge is 2.28. The molecule has 1 aliphatic rings. The van der Waals surface area contributed by atoms with Crippen LogP contribution in [-0.4, -0.2) is 61.2 Å². The Kier molecular flexibility index (Phi) is 10.5. The molecular formula is C29H36ClN3O6S. The van der Waals surface area contributed by atoms with E-state index in [-0.39, 0.29) is 35.1 Å². The Bertz CT molecular complexity index is 1370. The number of hydrogen-bond acceptors (Lipinski definition) is 7. The van der Waals surface area contributed by atoms with E-state index in [1.807, 2.05) is 26.8 Å². The van der Waals surface area contributed by atoms with E-state index >= 15 is 0 Å². The summed E-state index contributed by atoms with van der Waals surface area (Å²) < 4.78 is 38.8. The first kappa shape index (κ1) is 31.3. The van der Waals surface area contributed by atoms with Crippen LogP contribution in [0.4, 0.5) is 10.5 Å². The third-order valence-corrected chi connectivity index (χ3v) is 7.73. The third-order valence-electron chi connectivity index (χ3n) is 6.15. The van der Waals surface area contributed by atoms with Crippen molar-refractivity contribution in [3.63, 3.8) is 0 Å². The first-order valence-corrected chi connectivity index (χ1v) is 15.2. The number of benzene rings is 2. The summed E-state index contributed by atoms with van der Waals surface area (Å²) in [6, 6.07) is 12.2. The molecule has 40 heavy (non-hydrogen) atoms. The highest BCUT2D eigenvalue weighted by molar-refractivity contribution is 7.92. The van der Waals surface area contributed by atoms with Gasteiger partial charge in [0.25, 0.3) is 0 Å². The van der Waals surface area contributed by atoms with Gasteiger partial charge in [0.15, 0.2) is 0 Å². The molecule has 11 heteroatoms. The van der Waals surface area contributed by atoms with Gasteiger partial charge in [-0.1, -0.05) is 35.9 Å². The smallest absolute Gasteiger partial charge is 0.410 e. The van der Waals surface area contributed by atoms with Gasteiger partial charge in [-0.05, 0) is 63.1 Å². The van der Waals surface area contributed by atoms with E-state index < -0.39 is 21.7 Å². The fourth-order valence-electron chi connectivity index (χ4n) is 4.08. The highest BCUT2D eigenvalue weighted by atomic mass is 35.5. The molecule has 0 radical (unpaired) electrons. The van der Waals surface area contributed by atoms with Gasteiger partial charge in [-0.3, -0.25) is 4.72 Å². The largest absolute Gasteiger partial charge is 0.489 e. The Morgan fingerprint density at radius 3 is 2.60 bits per heavy atom. The van der Waals surface area contributed by atoms with Crippen molar-refractivity contribution in [3.05, 3.63) is 64.2 Å². The summed E-state index contributed by atoms with van der Waals surface area (Å²) in [4.78, 5) is 14.0. The van der Waals surface area contributed by atoms with Gasteiger partial charge >= 0.3 is 6.09 Å². The minimum absolute atomic E-state index is 0.0840. The van der Waals surface area contributed by atoms with E-state index in [4.69, 9.17) is 26.3 Å². The number of rotatable bonds is 9. The monoisotopic (exact) mass is 589 g/mol. The van der Waals surface area contributed by atoms with Crippen LogP contribution in [0.25, 0.3) is 6.08 Å². The Morgan fingerprint density at radius 2 is 1.98 bits per heavy atom. The lowest BCUT2D eigenvalue weighted by atomic mass is 10.0. The molecule has 1 fully saturated rings. The Balaban J connectivity index is 1.76. The van der Waals surface area contributed by atoms with E-state index in [9.17, 15) is 18.3 Å². The van der Waals surface area contributed by atoms with Crippen molar-refractivity contribution in [1.82, 2.24) is 4.90 Å². The lowest BCUT2D eigenvalue weighted by molar-refractivity contribution is 0.0126. The number of halogens is 1. The maximum absolute atomic E-state index is 12.4. The number of likely N-dealkylation sites (tertiary alicyclic amines) is 1. The molecule has 9 nitrogen and oxygen atoms in total. The van der Waals surface area contributed by atoms with Crippen molar-refractivity contribution in [3.8, 4) is 11.8 Å². The van der Waals surface area contributed by atoms with Crippen molar-refractivity contribution >= 4 is 39.5 Å². The zero-order valence-electron chi connectivity index (χ0n) is 23.2. The normalized spacial score (nSPS) is 15.5. The fourth-order valence-corrected chi connectivity index (χ4v) is 4.96. The molecule has 0 aliphatic carbocycles. The maximum Gasteiger partial charge on any atom is 0.410 e. The molecule has 2 N–H and O–H groups in total. The van der Waals surface area contributed by atoms with Crippen LogP contribution in [0.3, 0.4) is 0 Å². The van der Waals surface area contributed by atoms with Gasteiger partial charge in [0, 0.05) is 32.4 Å². The molecule has 1 unspecified atom stereocenters. The predicted molar refractivity (Wildman–Crippen MR) is 156 cm³/mol. The lowest BCUT2D eigenvalue weighted by Gasteiger charge is -2.33. The molecule has 216 valence electrons. The van der Waals surface area contributed by atoms with Crippen molar-refractivity contribution in [1.29, 1.82) is 5.26 Å². The molecule has 0 aromatic heterocycles. The number of aliphatic hydroxyl groups excluding tert-OH is 1. The van der Waals surface area contributed by atoms with Crippen LogP contribution in [0, 0.1) is 11.3 Å². The zero-order chi connectivity index (χ0) is 29.5. The van der Waals surface area contributed by atoms with Gasteiger partial charge in [0.05, 0.1) is 34.2 Å². The predicted octanol–water partition coefficient (Wildman–Crippen LogP) is 5.37. The minimum atomic E-state index is -3.61. The Labute approximate surface area is 241 Å². The zero-order valence-corrected chi connectivity index (χ0v) is 24.8. The number of carbonyl (C=O) groups excluding carboxylic acids is 1. The number of sulfonamides is 1. The maximum atomic E-state index is 12.4. The molecule has 1 aliphatic heterocycles. The van der Waals surface area contributed by atoms with Crippen LogP contribution in [-0.2, 0) is 21.2 Å². The molecule has 0 spiro atoms. The van der Waals surface area contributed by atoms with Crippen molar-refractivity contribution in [2.75, 3.05) is 23.6 Å². The van der Waals surface area contributed by atoms with Crippen molar-refractivity contribution in [2.45, 2.75) is 64.8 Å². The van der Waals surface area contributed by atoms with E-state index in [2.05, 4.69) is 10.8 Å². The molecule has 0 bridgehead atoms. The van der Waals surface area contributed by atoms with Gasteiger partial charge in [-0.25, -0.2) is 13.2 Å². The number of nitrogens with zero attached hydrogens (tertiary/aromatic N) is 2. The average molecular weight is 590 g/mol. The first-order chi connectivity index (χ1) is 18.8. The summed E-state index contributed by atoms with van der Waals surface area (Å²) in [6.07, 6.45) is 2.98. The summed E-state index contributed by atoms with van der Waals surface area (Å²) in [5, 5.41) is 20.1. The van der Waals surface area contributed by atoms with E-state index in [0.717, 1.165) is 5.56 Å². The lowest BCUT2D eigenvalue weighted by Crippen LogP contribution is -2.44. The summed E-state index contributed by atoms with van der Waals surface area (Å²) >= 11 is 6.50. The number of aliphatic hydroxyl groups is 1. The quantitative estimate of drug-likeness (QED) is 0.402. The van der Waals surface area contributed by atoms with Gasteiger partial charge in [0.2, 0.25) is 10.0 Å². The summed E-state index contributed by atoms with van der Waals surface area (Å²) in [6.45, 7) is 7.93. The van der Waals surface area contributed by atoms with Gasteiger partial charge in [-0.15, -0.1) is 0 Å². The molecule has 1 atom stereocenters. The SMILES string of the molecule is CCS(=O)(=O)Nc1cc(Cl)c(OC2CCN(C(=O)OC(C)(C)C)CC2)cc1CC(O)/C=C/c1cccc(C#N)c1. The molecule has 1 saturated heterocycles. The second-order valence-corrected chi connectivity index (χ2v) is 13.0. The molecular weight excluding hydrogens is 554 g/mol. The molecule has 2 aromatic carbocycles. The van der Waals surface area contributed by atoms with E-state index in [0.29, 0.717) is 42.8 Å². The molecule has 3 rings (SSSR count). The second kappa shape index (κ2) is 13.4. The van der Waals surface area contributed by atoms with Crippen LogP contribution in [0.5, 0.6) is 5.75 Å².